The van der Waals surface area contributed by atoms with Crippen LogP contribution < -0.4 is 19.1 Å². The lowest BCUT2D eigenvalue weighted by Gasteiger charge is -2.35. The molecule has 1 unspecified atom stereocenters. The third-order valence-corrected chi connectivity index (χ3v) is 8.88. The number of amides is 2. The smallest absolute Gasteiger partial charge is 0.244 e. The molecule has 1 fully saturated rings. The second kappa shape index (κ2) is 13.3. The fraction of sp³-hybridized carbons (Fsp3) is 0.375. The molecule has 1 aliphatic carbocycles. The van der Waals surface area contributed by atoms with Crippen LogP contribution in [0.4, 0.5) is 5.69 Å². The molecule has 0 bridgehead atoms. The highest BCUT2D eigenvalue weighted by molar-refractivity contribution is 7.92. The van der Waals surface area contributed by atoms with Crippen molar-refractivity contribution in [3.05, 3.63) is 90.0 Å². The van der Waals surface area contributed by atoms with Crippen LogP contribution in [0.5, 0.6) is 11.5 Å². The summed E-state index contributed by atoms with van der Waals surface area (Å²) in [4.78, 5) is 29.7. The van der Waals surface area contributed by atoms with Gasteiger partial charge in [-0.15, -0.1) is 0 Å². The van der Waals surface area contributed by atoms with Gasteiger partial charge in [0.2, 0.25) is 28.6 Å². The Bertz CT molecular complexity index is 1480. The summed E-state index contributed by atoms with van der Waals surface area (Å²) in [6.07, 6.45) is 6.43. The van der Waals surface area contributed by atoms with Gasteiger partial charge >= 0.3 is 0 Å². The third-order valence-electron chi connectivity index (χ3n) is 7.74. The number of nitrogens with zero attached hydrogens (tertiary/aromatic N) is 2. The van der Waals surface area contributed by atoms with Gasteiger partial charge in [0.25, 0.3) is 0 Å². The van der Waals surface area contributed by atoms with Crippen LogP contribution >= 0.6 is 0 Å². The molecule has 2 aliphatic rings. The van der Waals surface area contributed by atoms with E-state index in [-0.39, 0.29) is 31.0 Å². The van der Waals surface area contributed by atoms with Gasteiger partial charge in [-0.3, -0.25) is 13.9 Å². The lowest BCUT2D eigenvalue weighted by molar-refractivity contribution is -0.140. The van der Waals surface area contributed by atoms with E-state index in [0.29, 0.717) is 17.9 Å². The number of rotatable bonds is 11. The highest BCUT2D eigenvalue weighted by Crippen LogP contribution is 2.36. The summed E-state index contributed by atoms with van der Waals surface area (Å²) in [7, 11) is -3.88. The highest BCUT2D eigenvalue weighted by Gasteiger charge is 2.34. The van der Waals surface area contributed by atoms with Gasteiger partial charge in [-0.1, -0.05) is 79.9 Å². The van der Waals surface area contributed by atoms with Crippen molar-refractivity contribution in [2.24, 2.45) is 0 Å². The monoisotopic (exact) mass is 591 g/mol. The third kappa shape index (κ3) is 7.42. The molecule has 3 aromatic carbocycles. The normalized spacial score (nSPS) is 15.5. The molecule has 2 amide bonds. The predicted molar refractivity (Wildman–Crippen MR) is 161 cm³/mol. The van der Waals surface area contributed by atoms with Gasteiger partial charge in [-0.05, 0) is 36.1 Å². The number of carbonyl (C=O) groups is 2. The van der Waals surface area contributed by atoms with Gasteiger partial charge in [0, 0.05) is 25.1 Å². The Morgan fingerprint density at radius 2 is 1.52 bits per heavy atom. The van der Waals surface area contributed by atoms with Crippen LogP contribution in [0.1, 0.15) is 43.2 Å². The molecule has 222 valence electrons. The molecule has 9 nitrogen and oxygen atoms in total. The zero-order chi connectivity index (χ0) is 29.5. The van der Waals surface area contributed by atoms with E-state index in [1.54, 1.807) is 18.2 Å². The molecule has 1 atom stereocenters. The second-order valence-electron chi connectivity index (χ2n) is 10.9. The summed E-state index contributed by atoms with van der Waals surface area (Å²) in [5.74, 6) is 0.195. The first-order valence-electron chi connectivity index (χ1n) is 14.3. The molecule has 42 heavy (non-hydrogen) atoms. The molecule has 0 spiro atoms. The first-order chi connectivity index (χ1) is 20.3. The van der Waals surface area contributed by atoms with Crippen LogP contribution in [-0.4, -0.2) is 56.8 Å². The van der Waals surface area contributed by atoms with Gasteiger partial charge in [-0.25, -0.2) is 8.42 Å². The maximum Gasteiger partial charge on any atom is 0.244 e. The van der Waals surface area contributed by atoms with Gasteiger partial charge < -0.3 is 19.7 Å². The molecule has 0 aromatic heterocycles. The fourth-order valence-electron chi connectivity index (χ4n) is 5.53. The molecule has 1 N–H and O–H groups in total. The van der Waals surface area contributed by atoms with Crippen molar-refractivity contribution >= 4 is 27.5 Å². The number of benzene rings is 3. The van der Waals surface area contributed by atoms with Crippen molar-refractivity contribution in [3.8, 4) is 11.5 Å². The standard InChI is InChI=1S/C32H37N3O6S/c1-42(38,39)35(27-17-18-29-30(20-27)41-23-40-29)22-31(36)34(21-25-13-7-3-8-14-25)28(19-24-11-5-2-6-12-24)32(37)33-26-15-9-4-10-16-26/h2-3,5-8,11-14,17-18,20,26,28H,4,9-10,15-16,19,21-23H2,1H3,(H,33,37). The molecule has 1 heterocycles. The number of carbonyl (C=O) groups excluding carboxylic acids is 2. The number of anilines is 1. The van der Waals surface area contributed by atoms with E-state index in [1.165, 1.54) is 4.90 Å². The summed E-state index contributed by atoms with van der Waals surface area (Å²) in [6.45, 7) is -0.292. The number of hydrogen-bond donors (Lipinski definition) is 1. The van der Waals surface area contributed by atoms with Crippen molar-refractivity contribution in [2.45, 2.75) is 57.2 Å². The van der Waals surface area contributed by atoms with E-state index in [9.17, 15) is 18.0 Å². The summed E-state index contributed by atoms with van der Waals surface area (Å²) in [5.41, 5.74) is 2.02. The highest BCUT2D eigenvalue weighted by atomic mass is 32.2. The largest absolute Gasteiger partial charge is 0.454 e. The zero-order valence-electron chi connectivity index (χ0n) is 23.8. The molecule has 0 saturated heterocycles. The SMILES string of the molecule is CS(=O)(=O)N(CC(=O)N(Cc1ccccc1)C(Cc1ccccc1)C(=O)NC1CCCCC1)c1ccc2c(c1)OCO2. The number of sulfonamides is 1. The topological polar surface area (TPSA) is 105 Å². The van der Waals surface area contributed by atoms with Crippen LogP contribution in [0, 0.1) is 0 Å². The van der Waals surface area contributed by atoms with E-state index in [2.05, 4.69) is 5.32 Å². The zero-order valence-corrected chi connectivity index (χ0v) is 24.6. The first-order valence-corrected chi connectivity index (χ1v) is 16.2. The number of fused-ring (bicyclic) bond motifs is 1. The minimum Gasteiger partial charge on any atom is -0.454 e. The number of ether oxygens (including phenoxy) is 2. The van der Waals surface area contributed by atoms with Crippen molar-refractivity contribution < 1.29 is 27.5 Å². The van der Waals surface area contributed by atoms with Crippen LogP contribution in [-0.2, 0) is 32.6 Å². The quantitative estimate of drug-likeness (QED) is 0.357. The van der Waals surface area contributed by atoms with Gasteiger partial charge in [0.15, 0.2) is 11.5 Å². The molecule has 1 aliphatic heterocycles. The Kier molecular flexibility index (Phi) is 9.31. The van der Waals surface area contributed by atoms with E-state index < -0.39 is 28.5 Å². The van der Waals surface area contributed by atoms with Crippen molar-refractivity contribution in [1.82, 2.24) is 10.2 Å². The van der Waals surface area contributed by atoms with Crippen LogP contribution in [0.25, 0.3) is 0 Å². The summed E-state index contributed by atoms with van der Waals surface area (Å²) in [6, 6.07) is 23.0. The molecular formula is C32H37N3O6S. The van der Waals surface area contributed by atoms with Gasteiger partial charge in [0.1, 0.15) is 12.6 Å². The van der Waals surface area contributed by atoms with Gasteiger partial charge in [-0.2, -0.15) is 0 Å². The summed E-state index contributed by atoms with van der Waals surface area (Å²) in [5, 5.41) is 3.21. The van der Waals surface area contributed by atoms with E-state index in [1.807, 2.05) is 60.7 Å². The van der Waals surface area contributed by atoms with Gasteiger partial charge in [0.05, 0.1) is 11.9 Å². The molecule has 3 aromatic rings. The maximum absolute atomic E-state index is 14.2. The van der Waals surface area contributed by atoms with Crippen LogP contribution in [0.15, 0.2) is 78.9 Å². The van der Waals surface area contributed by atoms with Crippen molar-refractivity contribution in [2.75, 3.05) is 23.9 Å². The predicted octanol–water partition coefficient (Wildman–Crippen LogP) is 4.27. The first kappa shape index (κ1) is 29.4. The minimum absolute atomic E-state index is 0.0404. The molecule has 0 radical (unpaired) electrons. The Labute approximate surface area is 247 Å². The van der Waals surface area contributed by atoms with E-state index in [0.717, 1.165) is 53.8 Å². The molecular weight excluding hydrogens is 554 g/mol. The Balaban J connectivity index is 1.48. The Morgan fingerprint density at radius 3 is 2.19 bits per heavy atom. The fourth-order valence-corrected chi connectivity index (χ4v) is 6.37. The molecule has 5 rings (SSSR count). The number of hydrogen-bond acceptors (Lipinski definition) is 6. The van der Waals surface area contributed by atoms with Crippen molar-refractivity contribution in [3.63, 3.8) is 0 Å². The van der Waals surface area contributed by atoms with E-state index >= 15 is 0 Å². The molecule has 1 saturated carbocycles. The van der Waals surface area contributed by atoms with Crippen molar-refractivity contribution in [1.29, 1.82) is 0 Å². The van der Waals surface area contributed by atoms with Crippen LogP contribution in [0.2, 0.25) is 0 Å². The van der Waals surface area contributed by atoms with Crippen LogP contribution in [0.3, 0.4) is 0 Å². The average Bonchev–Trinajstić information content (AvgIpc) is 3.46. The Hall–Kier alpha value is -4.05. The lowest BCUT2D eigenvalue weighted by Crippen LogP contribution is -2.55. The maximum atomic E-state index is 14.2. The minimum atomic E-state index is -3.88. The lowest BCUT2D eigenvalue weighted by atomic mass is 9.94. The number of nitrogens with one attached hydrogen (secondary N) is 1. The molecule has 10 heteroatoms. The second-order valence-corrected chi connectivity index (χ2v) is 12.8. The summed E-state index contributed by atoms with van der Waals surface area (Å²) >= 11 is 0. The Morgan fingerprint density at radius 1 is 0.881 bits per heavy atom. The summed E-state index contributed by atoms with van der Waals surface area (Å²) < 4.78 is 37.9. The van der Waals surface area contributed by atoms with E-state index in [4.69, 9.17) is 9.47 Å². The average molecular weight is 592 g/mol.